The van der Waals surface area contributed by atoms with Crippen LogP contribution in [-0.4, -0.2) is 37.9 Å². The summed E-state index contributed by atoms with van der Waals surface area (Å²) in [6.45, 7) is 8.32. The number of methoxy groups -OCH3 is 1. The van der Waals surface area contributed by atoms with Gasteiger partial charge in [-0.1, -0.05) is 0 Å². The average molecular weight is 253 g/mol. The van der Waals surface area contributed by atoms with E-state index in [0.717, 1.165) is 18.9 Å². The highest BCUT2D eigenvalue weighted by Gasteiger charge is 2.10. The van der Waals surface area contributed by atoms with E-state index in [0.29, 0.717) is 18.2 Å². The Bertz CT molecular complexity index is 369. The summed E-state index contributed by atoms with van der Waals surface area (Å²) < 4.78 is 10.7. The van der Waals surface area contributed by atoms with E-state index in [1.165, 1.54) is 0 Å². The van der Waals surface area contributed by atoms with Crippen molar-refractivity contribution in [1.29, 1.82) is 0 Å². The number of aromatic nitrogens is 1. The molecule has 0 spiro atoms. The number of likely N-dealkylation sites (N-methyl/N-ethyl adjacent to an activating group) is 1. The molecule has 5 nitrogen and oxygen atoms in total. The molecule has 1 rings (SSSR count). The van der Waals surface area contributed by atoms with Crippen molar-refractivity contribution in [1.82, 2.24) is 4.98 Å². The maximum absolute atomic E-state index is 5.85. The van der Waals surface area contributed by atoms with Gasteiger partial charge in [0.25, 0.3) is 0 Å². The number of anilines is 2. The summed E-state index contributed by atoms with van der Waals surface area (Å²) in [6, 6.07) is 3.73. The predicted octanol–water partition coefficient (Wildman–Crippen LogP) is 1.92. The molecule has 0 radical (unpaired) electrons. The van der Waals surface area contributed by atoms with Gasteiger partial charge in [-0.3, -0.25) is 0 Å². The number of hydrogen-bond acceptors (Lipinski definition) is 5. The lowest BCUT2D eigenvalue weighted by Gasteiger charge is -2.22. The second kappa shape index (κ2) is 7.06. The Morgan fingerprint density at radius 3 is 2.67 bits per heavy atom. The Labute approximate surface area is 109 Å². The number of pyridine rings is 1. The van der Waals surface area contributed by atoms with E-state index >= 15 is 0 Å². The number of nitrogen functional groups attached to an aromatic ring is 1. The van der Waals surface area contributed by atoms with Gasteiger partial charge in [-0.25, -0.2) is 0 Å². The van der Waals surface area contributed by atoms with Gasteiger partial charge in [0.2, 0.25) is 5.88 Å². The second-order valence-electron chi connectivity index (χ2n) is 4.30. The van der Waals surface area contributed by atoms with Crippen LogP contribution in [0.5, 0.6) is 5.88 Å². The highest BCUT2D eigenvalue weighted by molar-refractivity contribution is 5.54. The molecule has 0 fully saturated rings. The molecule has 0 amide bonds. The first kappa shape index (κ1) is 14.6. The van der Waals surface area contributed by atoms with Crippen molar-refractivity contribution in [2.45, 2.75) is 26.9 Å². The normalized spacial score (nSPS) is 10.7. The third-order valence-electron chi connectivity index (χ3n) is 2.49. The van der Waals surface area contributed by atoms with Gasteiger partial charge in [-0.05, 0) is 32.9 Å². The van der Waals surface area contributed by atoms with Crippen LogP contribution in [0.15, 0.2) is 12.1 Å². The molecule has 0 aromatic carbocycles. The van der Waals surface area contributed by atoms with Crippen molar-refractivity contribution in [3.05, 3.63) is 12.1 Å². The van der Waals surface area contributed by atoms with Crippen molar-refractivity contribution in [3.63, 3.8) is 0 Å². The van der Waals surface area contributed by atoms with Crippen LogP contribution in [0.3, 0.4) is 0 Å². The van der Waals surface area contributed by atoms with Crippen LogP contribution in [0.4, 0.5) is 11.5 Å². The summed E-state index contributed by atoms with van der Waals surface area (Å²) in [5, 5.41) is 0. The fourth-order valence-corrected chi connectivity index (χ4v) is 1.57. The smallest absolute Gasteiger partial charge is 0.239 e. The quantitative estimate of drug-likeness (QED) is 0.804. The topological polar surface area (TPSA) is 60.6 Å². The molecule has 0 atom stereocenters. The summed E-state index contributed by atoms with van der Waals surface area (Å²) in [5.41, 5.74) is 6.41. The van der Waals surface area contributed by atoms with Gasteiger partial charge >= 0.3 is 0 Å². The van der Waals surface area contributed by atoms with E-state index in [1.807, 2.05) is 26.0 Å². The van der Waals surface area contributed by atoms with Crippen LogP contribution in [0.25, 0.3) is 0 Å². The lowest BCUT2D eigenvalue weighted by atomic mass is 10.3. The Kier molecular flexibility index (Phi) is 5.71. The van der Waals surface area contributed by atoms with Crippen LogP contribution < -0.4 is 15.4 Å². The number of ether oxygens (including phenoxy) is 2. The first-order chi connectivity index (χ1) is 8.58. The van der Waals surface area contributed by atoms with Gasteiger partial charge in [-0.2, -0.15) is 4.98 Å². The van der Waals surface area contributed by atoms with Gasteiger partial charge in [0, 0.05) is 20.2 Å². The molecule has 1 aromatic heterocycles. The van der Waals surface area contributed by atoms with Crippen LogP contribution in [-0.2, 0) is 4.74 Å². The Morgan fingerprint density at radius 2 is 2.11 bits per heavy atom. The zero-order chi connectivity index (χ0) is 13.5. The summed E-state index contributed by atoms with van der Waals surface area (Å²) in [7, 11) is 1.69. The van der Waals surface area contributed by atoms with Gasteiger partial charge < -0.3 is 20.1 Å². The van der Waals surface area contributed by atoms with E-state index < -0.39 is 0 Å². The van der Waals surface area contributed by atoms with Crippen molar-refractivity contribution < 1.29 is 9.47 Å². The fourth-order valence-electron chi connectivity index (χ4n) is 1.57. The molecule has 102 valence electrons. The zero-order valence-electron chi connectivity index (χ0n) is 11.6. The highest BCUT2D eigenvalue weighted by Crippen LogP contribution is 2.23. The van der Waals surface area contributed by atoms with Gasteiger partial charge in [0.05, 0.1) is 18.4 Å². The lowest BCUT2D eigenvalue weighted by Crippen LogP contribution is -2.27. The molecule has 0 unspecified atom stereocenters. The summed E-state index contributed by atoms with van der Waals surface area (Å²) in [4.78, 5) is 6.58. The SMILES string of the molecule is CCN(CCOC)c1ccc(N)c(OC(C)C)n1. The summed E-state index contributed by atoms with van der Waals surface area (Å²) in [6.07, 6.45) is 0.0594. The molecule has 0 aliphatic heterocycles. The first-order valence-corrected chi connectivity index (χ1v) is 6.25. The fraction of sp³-hybridized carbons (Fsp3) is 0.615. The monoisotopic (exact) mass is 253 g/mol. The van der Waals surface area contributed by atoms with E-state index in [4.69, 9.17) is 15.2 Å². The third kappa shape index (κ3) is 4.07. The highest BCUT2D eigenvalue weighted by atomic mass is 16.5. The van der Waals surface area contributed by atoms with Gasteiger partial charge in [0.1, 0.15) is 5.82 Å². The van der Waals surface area contributed by atoms with Crippen LogP contribution in [0.1, 0.15) is 20.8 Å². The maximum Gasteiger partial charge on any atom is 0.239 e. The second-order valence-corrected chi connectivity index (χ2v) is 4.30. The standard InChI is InChI=1S/C13H23N3O2/c1-5-16(8-9-17-4)12-7-6-11(14)13(15-12)18-10(2)3/h6-7,10H,5,8-9,14H2,1-4H3. The zero-order valence-corrected chi connectivity index (χ0v) is 11.6. The summed E-state index contributed by atoms with van der Waals surface area (Å²) >= 11 is 0. The molecule has 1 aromatic rings. The van der Waals surface area contributed by atoms with Crippen LogP contribution in [0, 0.1) is 0 Å². The lowest BCUT2D eigenvalue weighted by molar-refractivity contribution is 0.205. The van der Waals surface area contributed by atoms with Gasteiger partial charge in [-0.15, -0.1) is 0 Å². The van der Waals surface area contributed by atoms with Crippen LogP contribution >= 0.6 is 0 Å². The molecule has 0 aliphatic carbocycles. The Balaban J connectivity index is 2.87. The molecule has 0 aliphatic rings. The largest absolute Gasteiger partial charge is 0.473 e. The minimum Gasteiger partial charge on any atom is -0.473 e. The van der Waals surface area contributed by atoms with Crippen molar-refractivity contribution in [2.24, 2.45) is 0 Å². The molecule has 18 heavy (non-hydrogen) atoms. The van der Waals surface area contributed by atoms with Gasteiger partial charge in [0.15, 0.2) is 0 Å². The van der Waals surface area contributed by atoms with E-state index in [-0.39, 0.29) is 6.10 Å². The molecule has 1 heterocycles. The summed E-state index contributed by atoms with van der Waals surface area (Å²) in [5.74, 6) is 1.36. The predicted molar refractivity (Wildman–Crippen MR) is 74.2 cm³/mol. The van der Waals surface area contributed by atoms with E-state index in [2.05, 4.69) is 16.8 Å². The van der Waals surface area contributed by atoms with Crippen molar-refractivity contribution in [3.8, 4) is 5.88 Å². The average Bonchev–Trinajstić information content (AvgIpc) is 2.33. The third-order valence-corrected chi connectivity index (χ3v) is 2.49. The van der Waals surface area contributed by atoms with E-state index in [1.54, 1.807) is 7.11 Å². The molecule has 5 heteroatoms. The van der Waals surface area contributed by atoms with Crippen LogP contribution in [0.2, 0.25) is 0 Å². The minimum atomic E-state index is 0.0594. The molecule has 0 bridgehead atoms. The maximum atomic E-state index is 5.85. The number of rotatable bonds is 7. The van der Waals surface area contributed by atoms with Crippen molar-refractivity contribution >= 4 is 11.5 Å². The molecule has 0 saturated carbocycles. The molecule has 0 saturated heterocycles. The molecular weight excluding hydrogens is 230 g/mol. The number of hydrogen-bond donors (Lipinski definition) is 1. The number of nitrogens with zero attached hydrogens (tertiary/aromatic N) is 2. The molecule has 2 N–H and O–H groups in total. The minimum absolute atomic E-state index is 0.0594. The Morgan fingerprint density at radius 1 is 1.39 bits per heavy atom. The number of nitrogens with two attached hydrogens (primary N) is 1. The van der Waals surface area contributed by atoms with Crippen molar-refractivity contribution in [2.75, 3.05) is 37.4 Å². The molecular formula is C13H23N3O2. The first-order valence-electron chi connectivity index (χ1n) is 6.25. The Hall–Kier alpha value is -1.49. The van der Waals surface area contributed by atoms with E-state index in [9.17, 15) is 0 Å².